The SMILES string of the molecule is O=C1CCC/C=C\CC(F)(F)[C@H](NC(=O)OCc2ccccc2)CO1. The molecule has 0 saturated carbocycles. The van der Waals surface area contributed by atoms with E-state index in [9.17, 15) is 18.4 Å². The molecule has 7 heteroatoms. The summed E-state index contributed by atoms with van der Waals surface area (Å²) in [7, 11) is 0. The first-order valence-corrected chi connectivity index (χ1v) is 8.13. The summed E-state index contributed by atoms with van der Waals surface area (Å²) in [5.41, 5.74) is 0.737. The Bertz CT molecular complexity index is 604. The molecule has 0 saturated heterocycles. The van der Waals surface area contributed by atoms with Crippen LogP contribution in [0.1, 0.15) is 31.2 Å². The quantitative estimate of drug-likeness (QED) is 0.666. The predicted octanol–water partition coefficient (Wildman–Crippen LogP) is 3.59. The van der Waals surface area contributed by atoms with Crippen LogP contribution in [0, 0.1) is 0 Å². The molecule has 0 spiro atoms. The number of esters is 1. The Morgan fingerprint density at radius 1 is 1.28 bits per heavy atom. The Hall–Kier alpha value is -2.44. The summed E-state index contributed by atoms with van der Waals surface area (Å²) in [5.74, 6) is -3.82. The summed E-state index contributed by atoms with van der Waals surface area (Å²) < 4.78 is 38.4. The van der Waals surface area contributed by atoms with Crippen molar-refractivity contribution in [3.8, 4) is 0 Å². The summed E-state index contributed by atoms with van der Waals surface area (Å²) in [5, 5.41) is 2.11. The zero-order valence-electron chi connectivity index (χ0n) is 13.8. The number of cyclic esters (lactones) is 1. The number of hydrogen-bond acceptors (Lipinski definition) is 4. The van der Waals surface area contributed by atoms with Crippen LogP contribution in [0.5, 0.6) is 0 Å². The van der Waals surface area contributed by atoms with Crippen LogP contribution < -0.4 is 5.32 Å². The lowest BCUT2D eigenvalue weighted by molar-refractivity contribution is -0.147. The molecule has 136 valence electrons. The molecule has 1 N–H and O–H groups in total. The highest BCUT2D eigenvalue weighted by Gasteiger charge is 2.41. The average Bonchev–Trinajstić information content (AvgIpc) is 2.62. The number of carbonyl (C=O) groups is 2. The number of alkyl halides is 2. The van der Waals surface area contributed by atoms with E-state index in [1.807, 2.05) is 6.07 Å². The van der Waals surface area contributed by atoms with E-state index in [1.54, 1.807) is 30.3 Å². The number of nitrogens with one attached hydrogen (secondary N) is 1. The monoisotopic (exact) mass is 353 g/mol. The Labute approximate surface area is 145 Å². The van der Waals surface area contributed by atoms with E-state index in [-0.39, 0.29) is 13.0 Å². The molecule has 0 fully saturated rings. The van der Waals surface area contributed by atoms with Crippen molar-refractivity contribution in [2.45, 2.75) is 44.3 Å². The van der Waals surface area contributed by atoms with Gasteiger partial charge in [-0.2, -0.15) is 0 Å². The maximum Gasteiger partial charge on any atom is 0.408 e. The van der Waals surface area contributed by atoms with Crippen molar-refractivity contribution in [2.75, 3.05) is 6.61 Å². The second-order valence-corrected chi connectivity index (χ2v) is 5.77. The van der Waals surface area contributed by atoms with Gasteiger partial charge in [0.1, 0.15) is 19.3 Å². The van der Waals surface area contributed by atoms with Crippen LogP contribution >= 0.6 is 0 Å². The molecule has 0 aliphatic carbocycles. The summed E-state index contributed by atoms with van der Waals surface area (Å²) in [6, 6.07) is 7.22. The first-order chi connectivity index (χ1) is 12.0. The van der Waals surface area contributed by atoms with Crippen molar-refractivity contribution < 1.29 is 27.8 Å². The molecule has 1 aliphatic heterocycles. The van der Waals surface area contributed by atoms with Crippen molar-refractivity contribution in [2.24, 2.45) is 0 Å². The zero-order chi connectivity index (χ0) is 18.1. The fraction of sp³-hybridized carbons (Fsp3) is 0.444. The average molecular weight is 353 g/mol. The van der Waals surface area contributed by atoms with Crippen LogP contribution in [0.2, 0.25) is 0 Å². The standard InChI is InChI=1S/C18H21F2NO4/c19-18(20)11-7-2-1-6-10-16(22)24-13-15(18)21-17(23)25-12-14-8-4-3-5-9-14/h2-5,7-9,15H,1,6,10-13H2,(H,21,23)/b7-2-/t15-/m1/s1. The minimum Gasteiger partial charge on any atom is -0.463 e. The highest BCUT2D eigenvalue weighted by Crippen LogP contribution is 2.25. The fourth-order valence-corrected chi connectivity index (χ4v) is 2.29. The van der Waals surface area contributed by atoms with Gasteiger partial charge in [0.25, 0.3) is 5.92 Å². The number of allylic oxidation sites excluding steroid dienone is 2. The Morgan fingerprint density at radius 2 is 2.04 bits per heavy atom. The first kappa shape index (κ1) is 18.9. The minimum absolute atomic E-state index is 0.0370. The molecular weight excluding hydrogens is 332 g/mol. The van der Waals surface area contributed by atoms with E-state index in [0.29, 0.717) is 12.8 Å². The van der Waals surface area contributed by atoms with Gasteiger partial charge in [-0.15, -0.1) is 0 Å². The van der Waals surface area contributed by atoms with Crippen LogP contribution in [0.15, 0.2) is 42.5 Å². The van der Waals surface area contributed by atoms with Crippen LogP contribution in [-0.2, 0) is 20.9 Å². The molecule has 1 amide bonds. The lowest BCUT2D eigenvalue weighted by Gasteiger charge is -2.26. The van der Waals surface area contributed by atoms with Crippen LogP contribution in [0.25, 0.3) is 0 Å². The number of benzene rings is 1. The van der Waals surface area contributed by atoms with Crippen molar-refractivity contribution >= 4 is 12.1 Å². The summed E-state index contributed by atoms with van der Waals surface area (Å²) in [4.78, 5) is 23.4. The van der Waals surface area contributed by atoms with E-state index in [1.165, 1.54) is 6.08 Å². The highest BCUT2D eigenvalue weighted by molar-refractivity contribution is 5.70. The molecule has 25 heavy (non-hydrogen) atoms. The van der Waals surface area contributed by atoms with E-state index in [2.05, 4.69) is 5.32 Å². The normalized spacial score (nSPS) is 22.2. The summed E-state index contributed by atoms with van der Waals surface area (Å²) in [6.45, 7) is -0.634. The van der Waals surface area contributed by atoms with E-state index < -0.39 is 37.1 Å². The number of ether oxygens (including phenoxy) is 2. The third-order valence-corrected chi connectivity index (χ3v) is 3.73. The van der Waals surface area contributed by atoms with Crippen LogP contribution in [-0.4, -0.2) is 30.6 Å². The molecular formula is C18H21F2NO4. The molecule has 2 rings (SSSR count). The van der Waals surface area contributed by atoms with E-state index >= 15 is 0 Å². The van der Waals surface area contributed by atoms with E-state index in [4.69, 9.17) is 9.47 Å². The van der Waals surface area contributed by atoms with Crippen LogP contribution in [0.4, 0.5) is 13.6 Å². The van der Waals surface area contributed by atoms with Crippen molar-refractivity contribution in [1.29, 1.82) is 0 Å². The number of alkyl carbamates (subject to hydrolysis) is 1. The molecule has 0 bridgehead atoms. The van der Waals surface area contributed by atoms with Gasteiger partial charge in [0.05, 0.1) is 0 Å². The molecule has 1 heterocycles. The summed E-state index contributed by atoms with van der Waals surface area (Å²) >= 11 is 0. The molecule has 1 aromatic rings. The third-order valence-electron chi connectivity index (χ3n) is 3.73. The highest BCUT2D eigenvalue weighted by atomic mass is 19.3. The van der Waals surface area contributed by atoms with Crippen molar-refractivity contribution in [3.05, 3.63) is 48.0 Å². The number of halogens is 2. The molecule has 1 aromatic carbocycles. The molecule has 0 radical (unpaired) electrons. The van der Waals surface area contributed by atoms with E-state index in [0.717, 1.165) is 5.56 Å². The van der Waals surface area contributed by atoms with Gasteiger partial charge in [-0.05, 0) is 18.4 Å². The maximum atomic E-state index is 14.3. The Morgan fingerprint density at radius 3 is 2.80 bits per heavy atom. The van der Waals surface area contributed by atoms with Gasteiger partial charge < -0.3 is 14.8 Å². The lowest BCUT2D eigenvalue weighted by atomic mass is 10.1. The second kappa shape index (κ2) is 9.15. The molecule has 0 unspecified atom stereocenters. The van der Waals surface area contributed by atoms with Crippen molar-refractivity contribution in [3.63, 3.8) is 0 Å². The van der Waals surface area contributed by atoms with Gasteiger partial charge in [0, 0.05) is 12.8 Å². The molecule has 0 aromatic heterocycles. The predicted molar refractivity (Wildman–Crippen MR) is 87.1 cm³/mol. The van der Waals surface area contributed by atoms with Gasteiger partial charge in [-0.25, -0.2) is 13.6 Å². The first-order valence-electron chi connectivity index (χ1n) is 8.13. The topological polar surface area (TPSA) is 64.6 Å². The van der Waals surface area contributed by atoms with Gasteiger partial charge >= 0.3 is 12.1 Å². The number of hydrogen-bond donors (Lipinski definition) is 1. The molecule has 5 nitrogen and oxygen atoms in total. The van der Waals surface area contributed by atoms with Gasteiger partial charge in [-0.3, -0.25) is 4.79 Å². The molecule has 1 atom stereocenters. The van der Waals surface area contributed by atoms with Crippen molar-refractivity contribution in [1.82, 2.24) is 5.32 Å². The summed E-state index contributed by atoms with van der Waals surface area (Å²) in [6.07, 6.45) is 2.66. The minimum atomic E-state index is -3.26. The Balaban J connectivity index is 1.96. The number of amides is 1. The Kier molecular flexibility index (Phi) is 6.91. The number of carbonyl (C=O) groups excluding carboxylic acids is 2. The zero-order valence-corrected chi connectivity index (χ0v) is 13.8. The van der Waals surface area contributed by atoms with Gasteiger partial charge in [-0.1, -0.05) is 42.5 Å². The van der Waals surface area contributed by atoms with Gasteiger partial charge in [0.2, 0.25) is 0 Å². The fourth-order valence-electron chi connectivity index (χ4n) is 2.29. The smallest absolute Gasteiger partial charge is 0.408 e. The largest absolute Gasteiger partial charge is 0.463 e. The second-order valence-electron chi connectivity index (χ2n) is 5.77. The third kappa shape index (κ3) is 6.52. The maximum absolute atomic E-state index is 14.3. The van der Waals surface area contributed by atoms with Crippen LogP contribution in [0.3, 0.4) is 0 Å². The lowest BCUT2D eigenvalue weighted by Crippen LogP contribution is -2.50. The van der Waals surface area contributed by atoms with Gasteiger partial charge in [0.15, 0.2) is 0 Å². The molecule has 1 aliphatic rings. The number of rotatable bonds is 3.